The Balaban J connectivity index is 1.56. The standard InChI is InChI=1S/C21H27N3O2/c1-14-5-7-17(8-6-14)22-21(26)13-23(4)12-20(25)19-11-15(2)24(16(19)3)18-9-10-18/h5-8,11,18H,9-10,12-13H2,1-4H3,(H,22,26)/p+1. The van der Waals surface area contributed by atoms with Gasteiger partial charge in [-0.3, -0.25) is 9.59 Å². The molecule has 5 nitrogen and oxygen atoms in total. The van der Waals surface area contributed by atoms with Gasteiger partial charge in [0.25, 0.3) is 5.91 Å². The maximum absolute atomic E-state index is 12.7. The number of Topliss-reactive ketones (excluding diaryl/α,β-unsaturated/α-hetero) is 1. The van der Waals surface area contributed by atoms with Crippen LogP contribution in [0.2, 0.25) is 0 Å². The van der Waals surface area contributed by atoms with E-state index in [0.29, 0.717) is 12.6 Å². The molecule has 2 aromatic rings. The molecule has 0 aliphatic heterocycles. The summed E-state index contributed by atoms with van der Waals surface area (Å²) in [5.74, 6) is 0.0215. The van der Waals surface area contributed by atoms with Gasteiger partial charge in [0.2, 0.25) is 5.78 Å². The summed E-state index contributed by atoms with van der Waals surface area (Å²) < 4.78 is 2.28. The fraction of sp³-hybridized carbons (Fsp3) is 0.429. The van der Waals surface area contributed by atoms with Crippen LogP contribution in [0.3, 0.4) is 0 Å². The van der Waals surface area contributed by atoms with E-state index in [1.807, 2.05) is 51.2 Å². The molecule has 0 saturated heterocycles. The molecule has 2 N–H and O–H groups in total. The van der Waals surface area contributed by atoms with E-state index < -0.39 is 0 Å². The number of rotatable bonds is 7. The van der Waals surface area contributed by atoms with Crippen LogP contribution in [-0.4, -0.2) is 36.4 Å². The zero-order chi connectivity index (χ0) is 18.8. The number of benzene rings is 1. The summed E-state index contributed by atoms with van der Waals surface area (Å²) >= 11 is 0. The highest BCUT2D eigenvalue weighted by molar-refractivity contribution is 5.98. The Morgan fingerprint density at radius 1 is 1.12 bits per heavy atom. The topological polar surface area (TPSA) is 55.5 Å². The van der Waals surface area contributed by atoms with E-state index in [1.54, 1.807) is 0 Å². The third-order valence-corrected chi connectivity index (χ3v) is 4.96. The molecule has 1 saturated carbocycles. The molecule has 1 aromatic carbocycles. The molecule has 1 atom stereocenters. The predicted molar refractivity (Wildman–Crippen MR) is 103 cm³/mol. The van der Waals surface area contributed by atoms with Crippen LogP contribution in [-0.2, 0) is 4.79 Å². The summed E-state index contributed by atoms with van der Waals surface area (Å²) in [5, 5.41) is 2.89. The molecular weight excluding hydrogens is 326 g/mol. The Morgan fingerprint density at radius 3 is 2.38 bits per heavy atom. The molecule has 3 rings (SSSR count). The van der Waals surface area contributed by atoms with Crippen molar-refractivity contribution in [3.8, 4) is 0 Å². The molecule has 1 fully saturated rings. The smallest absolute Gasteiger partial charge is 0.279 e. The molecule has 1 heterocycles. The quantitative estimate of drug-likeness (QED) is 0.748. The number of ketones is 1. The van der Waals surface area contributed by atoms with Gasteiger partial charge < -0.3 is 14.8 Å². The lowest BCUT2D eigenvalue weighted by molar-refractivity contribution is -0.861. The molecule has 1 aliphatic rings. The van der Waals surface area contributed by atoms with E-state index in [0.717, 1.165) is 33.1 Å². The number of carbonyl (C=O) groups is 2. The summed E-state index contributed by atoms with van der Waals surface area (Å²) in [6.07, 6.45) is 2.41. The van der Waals surface area contributed by atoms with Crippen molar-refractivity contribution in [1.29, 1.82) is 0 Å². The number of nitrogens with one attached hydrogen (secondary N) is 2. The van der Waals surface area contributed by atoms with Gasteiger partial charge in [-0.05, 0) is 51.8 Å². The zero-order valence-electron chi connectivity index (χ0n) is 16.1. The first-order chi connectivity index (χ1) is 12.3. The number of quaternary nitrogens is 1. The van der Waals surface area contributed by atoms with E-state index in [9.17, 15) is 9.59 Å². The first-order valence-electron chi connectivity index (χ1n) is 9.24. The lowest BCUT2D eigenvalue weighted by atomic mass is 10.1. The second-order valence-corrected chi connectivity index (χ2v) is 7.53. The van der Waals surface area contributed by atoms with E-state index >= 15 is 0 Å². The van der Waals surface area contributed by atoms with Gasteiger partial charge in [-0.2, -0.15) is 0 Å². The van der Waals surface area contributed by atoms with Gasteiger partial charge in [-0.1, -0.05) is 17.7 Å². The number of aromatic nitrogens is 1. The average molecular weight is 354 g/mol. The van der Waals surface area contributed by atoms with Crippen LogP contribution in [0.4, 0.5) is 5.69 Å². The number of hydrogen-bond acceptors (Lipinski definition) is 2. The molecule has 1 amide bonds. The monoisotopic (exact) mass is 354 g/mol. The number of likely N-dealkylation sites (N-methyl/N-ethyl adjacent to an activating group) is 1. The molecule has 1 aromatic heterocycles. The van der Waals surface area contributed by atoms with E-state index in [4.69, 9.17) is 0 Å². The molecular formula is C21H28N3O2+. The lowest BCUT2D eigenvalue weighted by Gasteiger charge is -2.13. The van der Waals surface area contributed by atoms with Gasteiger partial charge in [0.15, 0.2) is 6.54 Å². The van der Waals surface area contributed by atoms with Crippen LogP contribution in [0.15, 0.2) is 30.3 Å². The van der Waals surface area contributed by atoms with Crippen LogP contribution < -0.4 is 10.2 Å². The van der Waals surface area contributed by atoms with Gasteiger partial charge in [-0.25, -0.2) is 0 Å². The normalized spacial score (nSPS) is 14.9. The fourth-order valence-electron chi connectivity index (χ4n) is 3.50. The lowest BCUT2D eigenvalue weighted by Crippen LogP contribution is -3.11. The highest BCUT2D eigenvalue weighted by Gasteiger charge is 2.29. The van der Waals surface area contributed by atoms with Gasteiger partial charge in [0, 0.05) is 28.7 Å². The zero-order valence-corrected chi connectivity index (χ0v) is 16.1. The molecule has 0 bridgehead atoms. The van der Waals surface area contributed by atoms with Crippen molar-refractivity contribution in [3.63, 3.8) is 0 Å². The first-order valence-corrected chi connectivity index (χ1v) is 9.24. The van der Waals surface area contributed by atoms with Crippen LogP contribution in [0.5, 0.6) is 0 Å². The Morgan fingerprint density at radius 2 is 1.77 bits per heavy atom. The average Bonchev–Trinajstić information content (AvgIpc) is 3.34. The Hall–Kier alpha value is -2.40. The van der Waals surface area contributed by atoms with E-state index in [1.165, 1.54) is 12.8 Å². The number of carbonyl (C=O) groups excluding carboxylic acids is 2. The van der Waals surface area contributed by atoms with Crippen molar-refractivity contribution in [3.05, 3.63) is 52.8 Å². The van der Waals surface area contributed by atoms with Crippen molar-refractivity contribution < 1.29 is 14.5 Å². The number of aryl methyl sites for hydroxylation is 2. The predicted octanol–water partition coefficient (Wildman–Crippen LogP) is 2.08. The van der Waals surface area contributed by atoms with Gasteiger partial charge in [-0.15, -0.1) is 0 Å². The largest absolute Gasteiger partial charge is 0.345 e. The number of hydrogen-bond donors (Lipinski definition) is 2. The summed E-state index contributed by atoms with van der Waals surface area (Å²) in [6, 6.07) is 10.3. The molecule has 5 heteroatoms. The van der Waals surface area contributed by atoms with Crippen molar-refractivity contribution in [1.82, 2.24) is 4.57 Å². The van der Waals surface area contributed by atoms with Crippen LogP contribution in [0.25, 0.3) is 0 Å². The Bertz CT molecular complexity index is 817. The summed E-state index contributed by atoms with van der Waals surface area (Å²) in [4.78, 5) is 25.8. The van der Waals surface area contributed by atoms with Crippen molar-refractivity contribution in [2.24, 2.45) is 0 Å². The van der Waals surface area contributed by atoms with Crippen LogP contribution in [0, 0.1) is 20.8 Å². The first kappa shape index (κ1) is 18.4. The van der Waals surface area contributed by atoms with E-state index in [-0.39, 0.29) is 18.2 Å². The SMILES string of the molecule is Cc1ccc(NC(=O)C[NH+](C)CC(=O)c2cc(C)n(C3CC3)c2C)cc1. The summed E-state index contributed by atoms with van der Waals surface area (Å²) in [7, 11) is 1.88. The third-order valence-electron chi connectivity index (χ3n) is 4.96. The fourth-order valence-corrected chi connectivity index (χ4v) is 3.50. The van der Waals surface area contributed by atoms with Crippen LogP contribution in [0.1, 0.15) is 46.2 Å². The molecule has 26 heavy (non-hydrogen) atoms. The number of anilines is 1. The highest BCUT2D eigenvalue weighted by atomic mass is 16.2. The van der Waals surface area contributed by atoms with Gasteiger partial charge in [0.05, 0.1) is 7.05 Å². The minimum Gasteiger partial charge on any atom is -0.345 e. The van der Waals surface area contributed by atoms with Crippen LogP contribution >= 0.6 is 0 Å². The Labute approximate surface area is 155 Å². The van der Waals surface area contributed by atoms with E-state index in [2.05, 4.69) is 16.8 Å². The minimum absolute atomic E-state index is 0.0809. The highest BCUT2D eigenvalue weighted by Crippen LogP contribution is 2.38. The maximum Gasteiger partial charge on any atom is 0.279 e. The van der Waals surface area contributed by atoms with Gasteiger partial charge in [0.1, 0.15) is 6.54 Å². The van der Waals surface area contributed by atoms with Gasteiger partial charge >= 0.3 is 0 Å². The molecule has 1 unspecified atom stereocenters. The second-order valence-electron chi connectivity index (χ2n) is 7.53. The molecule has 0 spiro atoms. The maximum atomic E-state index is 12.7. The third kappa shape index (κ3) is 4.22. The molecule has 0 radical (unpaired) electrons. The van der Waals surface area contributed by atoms with Crippen molar-refractivity contribution >= 4 is 17.4 Å². The molecule has 138 valence electrons. The van der Waals surface area contributed by atoms with Crippen molar-refractivity contribution in [2.45, 2.75) is 39.7 Å². The summed E-state index contributed by atoms with van der Waals surface area (Å²) in [6.45, 7) is 6.68. The number of amides is 1. The molecule has 1 aliphatic carbocycles. The Kier molecular flexibility index (Phi) is 5.28. The second kappa shape index (κ2) is 7.46. The summed E-state index contributed by atoms with van der Waals surface area (Å²) in [5.41, 5.74) is 4.95. The number of nitrogens with zero attached hydrogens (tertiary/aromatic N) is 1. The minimum atomic E-state index is -0.0809. The van der Waals surface area contributed by atoms with Crippen molar-refractivity contribution in [2.75, 3.05) is 25.5 Å².